The molecule has 10 heavy (non-hydrogen) atoms. The second-order valence-electron chi connectivity index (χ2n) is 3.47. The Labute approximate surface area is 63.8 Å². The zero-order chi connectivity index (χ0) is 7.40. The molecule has 1 rings (SSSR count). The summed E-state index contributed by atoms with van der Waals surface area (Å²) in [5.41, 5.74) is 0. The molecule has 0 unspecified atom stereocenters. The Morgan fingerprint density at radius 1 is 1.30 bits per heavy atom. The van der Waals surface area contributed by atoms with E-state index in [1.807, 2.05) is 0 Å². The van der Waals surface area contributed by atoms with E-state index in [1.54, 1.807) is 5.92 Å². The quantitative estimate of drug-likeness (QED) is 0.574. The summed E-state index contributed by atoms with van der Waals surface area (Å²) in [6.07, 6.45) is 3.85. The topological polar surface area (TPSA) is 9.23 Å². The highest BCUT2D eigenvalue weighted by molar-refractivity contribution is 4.81. The average Bonchev–Trinajstić information content (AvgIpc) is 1.88. The first-order valence-electron chi connectivity index (χ1n) is 4.16. The Hall–Kier alpha value is -0.0400. The molecule has 0 bridgehead atoms. The molecule has 0 atom stereocenters. The van der Waals surface area contributed by atoms with E-state index < -0.39 is 0 Å². The van der Waals surface area contributed by atoms with E-state index >= 15 is 0 Å². The highest BCUT2D eigenvalue weighted by atomic mass is 16.5. The van der Waals surface area contributed by atoms with Crippen LogP contribution < -0.4 is 0 Å². The fourth-order valence-corrected chi connectivity index (χ4v) is 1.53. The second kappa shape index (κ2) is 3.97. The van der Waals surface area contributed by atoms with Crippen molar-refractivity contribution in [3.8, 4) is 0 Å². The highest BCUT2D eigenvalue weighted by Gasteiger charge is 2.14. The van der Waals surface area contributed by atoms with Crippen LogP contribution in [-0.4, -0.2) is 13.2 Å². The molecular formula is C9H17O. The van der Waals surface area contributed by atoms with E-state index in [9.17, 15) is 0 Å². The molecule has 0 aliphatic carbocycles. The molecule has 1 nitrogen and oxygen atoms in total. The lowest BCUT2D eigenvalue weighted by Gasteiger charge is -2.22. The van der Waals surface area contributed by atoms with Gasteiger partial charge in [0.1, 0.15) is 0 Å². The fourth-order valence-electron chi connectivity index (χ4n) is 1.53. The first-order chi connectivity index (χ1) is 4.79. The number of rotatable bonds is 2. The van der Waals surface area contributed by atoms with Crippen LogP contribution >= 0.6 is 0 Å². The van der Waals surface area contributed by atoms with Crippen molar-refractivity contribution in [2.45, 2.75) is 33.1 Å². The summed E-state index contributed by atoms with van der Waals surface area (Å²) in [7, 11) is 0. The summed E-state index contributed by atoms with van der Waals surface area (Å²) in [6.45, 7) is 6.40. The van der Waals surface area contributed by atoms with Crippen LogP contribution in [0.5, 0.6) is 0 Å². The molecule has 1 fully saturated rings. The number of hydrogen-bond donors (Lipinski definition) is 0. The molecule has 59 valence electrons. The summed E-state index contributed by atoms with van der Waals surface area (Å²) < 4.78 is 5.27. The minimum atomic E-state index is 0.916. The van der Waals surface area contributed by atoms with Crippen LogP contribution in [0.2, 0.25) is 0 Å². The molecule has 1 aliphatic rings. The van der Waals surface area contributed by atoms with Crippen molar-refractivity contribution < 1.29 is 4.74 Å². The molecule has 1 radical (unpaired) electrons. The van der Waals surface area contributed by atoms with Gasteiger partial charge < -0.3 is 4.74 Å². The predicted molar refractivity (Wildman–Crippen MR) is 42.8 cm³/mol. The molecule has 1 aliphatic heterocycles. The first kappa shape index (κ1) is 8.06. The summed E-state index contributed by atoms with van der Waals surface area (Å²) in [5, 5.41) is 0. The lowest BCUT2D eigenvalue weighted by atomic mass is 9.91. The monoisotopic (exact) mass is 141 g/mol. The maximum Gasteiger partial charge on any atom is 0.0468 e. The van der Waals surface area contributed by atoms with Gasteiger partial charge >= 0.3 is 0 Å². The van der Waals surface area contributed by atoms with Crippen LogP contribution in [-0.2, 0) is 4.74 Å². The van der Waals surface area contributed by atoms with E-state index in [0.29, 0.717) is 0 Å². The van der Waals surface area contributed by atoms with Gasteiger partial charge in [-0.3, -0.25) is 0 Å². The molecule has 0 saturated carbocycles. The maximum atomic E-state index is 5.27. The Morgan fingerprint density at radius 3 is 2.40 bits per heavy atom. The van der Waals surface area contributed by atoms with Gasteiger partial charge in [-0.2, -0.15) is 0 Å². The molecule has 0 N–H and O–H groups in total. The molecule has 0 aromatic heterocycles. The molecule has 0 amide bonds. The van der Waals surface area contributed by atoms with Gasteiger partial charge in [-0.1, -0.05) is 13.8 Å². The van der Waals surface area contributed by atoms with Crippen LogP contribution in [0.4, 0.5) is 0 Å². The zero-order valence-electron chi connectivity index (χ0n) is 7.02. The lowest BCUT2D eigenvalue weighted by molar-refractivity contribution is 0.0651. The molecule has 1 saturated heterocycles. The minimum absolute atomic E-state index is 0.916. The summed E-state index contributed by atoms with van der Waals surface area (Å²) in [4.78, 5) is 0. The van der Waals surface area contributed by atoms with Crippen molar-refractivity contribution in [2.24, 2.45) is 5.92 Å². The number of hydrogen-bond acceptors (Lipinski definition) is 1. The Morgan fingerprint density at radius 2 is 1.90 bits per heavy atom. The lowest BCUT2D eigenvalue weighted by Crippen LogP contribution is -2.16. The Balaban J connectivity index is 2.13. The maximum absolute atomic E-state index is 5.27. The fraction of sp³-hybridized carbons (Fsp3) is 0.889. The SMILES string of the molecule is C[C](C)CC1CCOCC1. The third-order valence-corrected chi connectivity index (χ3v) is 2.04. The minimum Gasteiger partial charge on any atom is -0.381 e. The van der Waals surface area contributed by atoms with Crippen molar-refractivity contribution in [3.63, 3.8) is 0 Å². The third-order valence-electron chi connectivity index (χ3n) is 2.04. The summed E-state index contributed by atoms with van der Waals surface area (Å²) in [6, 6.07) is 0. The van der Waals surface area contributed by atoms with E-state index in [1.165, 1.54) is 19.3 Å². The smallest absolute Gasteiger partial charge is 0.0468 e. The van der Waals surface area contributed by atoms with E-state index in [0.717, 1.165) is 19.1 Å². The molecule has 0 spiro atoms. The second-order valence-corrected chi connectivity index (χ2v) is 3.47. The Bertz CT molecular complexity index is 82.7. The van der Waals surface area contributed by atoms with Crippen molar-refractivity contribution in [2.75, 3.05) is 13.2 Å². The van der Waals surface area contributed by atoms with Crippen LogP contribution in [0.3, 0.4) is 0 Å². The molecule has 0 aromatic carbocycles. The highest BCUT2D eigenvalue weighted by Crippen LogP contribution is 2.22. The normalized spacial score (nSPS) is 21.9. The molecular weight excluding hydrogens is 124 g/mol. The van der Waals surface area contributed by atoms with Gasteiger partial charge in [0.25, 0.3) is 0 Å². The van der Waals surface area contributed by atoms with Crippen molar-refractivity contribution in [1.29, 1.82) is 0 Å². The van der Waals surface area contributed by atoms with Gasteiger partial charge in [-0.15, -0.1) is 0 Å². The standard InChI is InChI=1S/C9H17O/c1-8(2)7-9-3-5-10-6-4-9/h9H,3-7H2,1-2H3. The predicted octanol–water partition coefficient (Wildman–Crippen LogP) is 2.42. The van der Waals surface area contributed by atoms with Gasteiger partial charge in [0.15, 0.2) is 0 Å². The van der Waals surface area contributed by atoms with Crippen LogP contribution in [0.15, 0.2) is 0 Å². The van der Waals surface area contributed by atoms with E-state index in [2.05, 4.69) is 13.8 Å². The van der Waals surface area contributed by atoms with Gasteiger partial charge in [-0.25, -0.2) is 0 Å². The van der Waals surface area contributed by atoms with Crippen LogP contribution in [0.1, 0.15) is 33.1 Å². The molecule has 1 heteroatoms. The van der Waals surface area contributed by atoms with Crippen molar-refractivity contribution >= 4 is 0 Å². The molecule has 1 heterocycles. The molecule has 0 aromatic rings. The average molecular weight is 141 g/mol. The van der Waals surface area contributed by atoms with Gasteiger partial charge in [-0.05, 0) is 31.1 Å². The first-order valence-corrected chi connectivity index (χ1v) is 4.16. The largest absolute Gasteiger partial charge is 0.381 e. The van der Waals surface area contributed by atoms with E-state index in [4.69, 9.17) is 4.74 Å². The third kappa shape index (κ3) is 2.70. The van der Waals surface area contributed by atoms with Crippen molar-refractivity contribution in [3.05, 3.63) is 5.92 Å². The van der Waals surface area contributed by atoms with Gasteiger partial charge in [0.2, 0.25) is 0 Å². The zero-order valence-corrected chi connectivity index (χ0v) is 7.02. The summed E-state index contributed by atoms with van der Waals surface area (Å²) in [5.74, 6) is 2.48. The van der Waals surface area contributed by atoms with Crippen LogP contribution in [0, 0.1) is 11.8 Å². The van der Waals surface area contributed by atoms with Gasteiger partial charge in [0.05, 0.1) is 0 Å². The number of ether oxygens (including phenoxy) is 1. The summed E-state index contributed by atoms with van der Waals surface area (Å²) >= 11 is 0. The van der Waals surface area contributed by atoms with E-state index in [-0.39, 0.29) is 0 Å². The van der Waals surface area contributed by atoms with Crippen molar-refractivity contribution in [1.82, 2.24) is 0 Å². The van der Waals surface area contributed by atoms with Crippen LogP contribution in [0.25, 0.3) is 0 Å². The van der Waals surface area contributed by atoms with Gasteiger partial charge in [0, 0.05) is 13.2 Å². The Kier molecular flexibility index (Phi) is 3.20.